The molecule has 0 aliphatic heterocycles. The van der Waals surface area contributed by atoms with Crippen LogP contribution in [0.25, 0.3) is 0 Å². The van der Waals surface area contributed by atoms with Gasteiger partial charge in [0.05, 0.1) is 11.4 Å². The number of anilines is 2. The minimum Gasteiger partial charge on any atom is -0.395 e. The van der Waals surface area contributed by atoms with E-state index in [4.69, 9.17) is 5.73 Å². The van der Waals surface area contributed by atoms with Gasteiger partial charge >= 0.3 is 0 Å². The zero-order valence-electron chi connectivity index (χ0n) is 7.81. The van der Waals surface area contributed by atoms with Crippen LogP contribution in [-0.2, 0) is 0 Å². The molecule has 0 amide bonds. The lowest BCUT2D eigenvalue weighted by Crippen LogP contribution is -2.04. The van der Waals surface area contributed by atoms with Crippen molar-refractivity contribution < 1.29 is 4.39 Å². The van der Waals surface area contributed by atoms with Gasteiger partial charge in [0.2, 0.25) is 0 Å². The fourth-order valence-corrected chi connectivity index (χ4v) is 1.09. The lowest BCUT2D eigenvalue weighted by Gasteiger charge is -2.08. The number of hydrogen-bond acceptors (Lipinski definition) is 2. The summed E-state index contributed by atoms with van der Waals surface area (Å²) in [7, 11) is 0. The first-order valence-corrected chi connectivity index (χ1v) is 4.53. The number of rotatable bonds is 4. The van der Waals surface area contributed by atoms with Crippen LogP contribution in [0.2, 0.25) is 0 Å². The number of benzene rings is 1. The fraction of sp³-hybridized carbons (Fsp3) is 0.400. The summed E-state index contributed by atoms with van der Waals surface area (Å²) in [6.45, 7) is 2.95. The SMILES string of the molecule is CCCCNc1cccc(F)c1N. The van der Waals surface area contributed by atoms with Crippen molar-refractivity contribution in [2.75, 3.05) is 17.6 Å². The van der Waals surface area contributed by atoms with Crippen LogP contribution in [0.1, 0.15) is 19.8 Å². The Balaban J connectivity index is 2.61. The predicted molar refractivity (Wildman–Crippen MR) is 54.2 cm³/mol. The molecule has 0 radical (unpaired) electrons. The molecule has 1 rings (SSSR count). The van der Waals surface area contributed by atoms with E-state index in [-0.39, 0.29) is 11.5 Å². The number of halogens is 1. The van der Waals surface area contributed by atoms with Gasteiger partial charge in [0, 0.05) is 6.54 Å². The normalized spacial score (nSPS) is 10.0. The van der Waals surface area contributed by atoms with E-state index < -0.39 is 0 Å². The van der Waals surface area contributed by atoms with Crippen LogP contribution in [0, 0.1) is 5.82 Å². The Morgan fingerprint density at radius 1 is 1.46 bits per heavy atom. The van der Waals surface area contributed by atoms with E-state index in [2.05, 4.69) is 12.2 Å². The molecule has 0 aromatic heterocycles. The average Bonchev–Trinajstić information content (AvgIpc) is 2.13. The van der Waals surface area contributed by atoms with E-state index in [0.717, 1.165) is 19.4 Å². The molecule has 1 aromatic rings. The molecule has 3 heteroatoms. The third kappa shape index (κ3) is 2.61. The third-order valence-corrected chi connectivity index (χ3v) is 1.90. The summed E-state index contributed by atoms with van der Waals surface area (Å²) < 4.78 is 12.9. The van der Waals surface area contributed by atoms with E-state index >= 15 is 0 Å². The van der Waals surface area contributed by atoms with Crippen molar-refractivity contribution in [3.8, 4) is 0 Å². The number of hydrogen-bond donors (Lipinski definition) is 2. The van der Waals surface area contributed by atoms with Gasteiger partial charge in [-0.05, 0) is 18.6 Å². The topological polar surface area (TPSA) is 38.0 Å². The first kappa shape index (κ1) is 9.84. The van der Waals surface area contributed by atoms with Crippen molar-refractivity contribution in [1.29, 1.82) is 0 Å². The van der Waals surface area contributed by atoms with Crippen molar-refractivity contribution in [3.05, 3.63) is 24.0 Å². The lowest BCUT2D eigenvalue weighted by molar-refractivity contribution is 0.633. The maximum absolute atomic E-state index is 12.9. The molecule has 0 aliphatic rings. The zero-order valence-corrected chi connectivity index (χ0v) is 7.81. The third-order valence-electron chi connectivity index (χ3n) is 1.90. The maximum atomic E-state index is 12.9. The van der Waals surface area contributed by atoms with Gasteiger partial charge in [0.15, 0.2) is 0 Å². The van der Waals surface area contributed by atoms with Crippen molar-refractivity contribution >= 4 is 11.4 Å². The predicted octanol–water partition coefficient (Wildman–Crippen LogP) is 2.62. The van der Waals surface area contributed by atoms with Gasteiger partial charge < -0.3 is 11.1 Å². The molecule has 0 saturated carbocycles. The molecule has 1 aromatic carbocycles. The summed E-state index contributed by atoms with van der Waals surface area (Å²) in [4.78, 5) is 0. The number of nitrogens with two attached hydrogens (primary N) is 1. The van der Waals surface area contributed by atoms with Crippen LogP contribution in [-0.4, -0.2) is 6.54 Å². The first-order valence-electron chi connectivity index (χ1n) is 4.53. The minimum absolute atomic E-state index is 0.207. The van der Waals surface area contributed by atoms with Crippen LogP contribution in [0.4, 0.5) is 15.8 Å². The first-order chi connectivity index (χ1) is 6.25. The molecule has 0 bridgehead atoms. The van der Waals surface area contributed by atoms with E-state index in [1.807, 2.05) is 0 Å². The summed E-state index contributed by atoms with van der Waals surface area (Å²) in [5.41, 5.74) is 6.42. The van der Waals surface area contributed by atoms with Gasteiger partial charge in [-0.2, -0.15) is 0 Å². The van der Waals surface area contributed by atoms with E-state index in [1.54, 1.807) is 12.1 Å². The number of para-hydroxylation sites is 1. The highest BCUT2D eigenvalue weighted by molar-refractivity contribution is 5.66. The van der Waals surface area contributed by atoms with Crippen molar-refractivity contribution in [2.24, 2.45) is 0 Å². The number of nitrogens with one attached hydrogen (secondary N) is 1. The summed E-state index contributed by atoms with van der Waals surface area (Å²) >= 11 is 0. The van der Waals surface area contributed by atoms with Crippen molar-refractivity contribution in [2.45, 2.75) is 19.8 Å². The highest BCUT2D eigenvalue weighted by atomic mass is 19.1. The summed E-state index contributed by atoms with van der Waals surface area (Å²) in [6, 6.07) is 4.80. The van der Waals surface area contributed by atoms with Gasteiger partial charge in [-0.1, -0.05) is 19.4 Å². The van der Waals surface area contributed by atoms with Crippen LogP contribution in [0.5, 0.6) is 0 Å². The zero-order chi connectivity index (χ0) is 9.68. The molecule has 13 heavy (non-hydrogen) atoms. The lowest BCUT2D eigenvalue weighted by atomic mass is 10.2. The second kappa shape index (κ2) is 4.70. The van der Waals surface area contributed by atoms with E-state index in [0.29, 0.717) is 5.69 Å². The molecule has 0 saturated heterocycles. The fourth-order valence-electron chi connectivity index (χ4n) is 1.09. The number of unbranched alkanes of at least 4 members (excludes halogenated alkanes) is 1. The second-order valence-electron chi connectivity index (χ2n) is 2.98. The summed E-state index contributed by atoms with van der Waals surface area (Å²) in [5, 5.41) is 3.09. The molecule has 3 N–H and O–H groups in total. The summed E-state index contributed by atoms with van der Waals surface area (Å²) in [6.07, 6.45) is 2.18. The molecule has 72 valence electrons. The van der Waals surface area contributed by atoms with Gasteiger partial charge in [0.25, 0.3) is 0 Å². The monoisotopic (exact) mass is 182 g/mol. The largest absolute Gasteiger partial charge is 0.395 e. The summed E-state index contributed by atoms with van der Waals surface area (Å²) in [5.74, 6) is -0.360. The Hall–Kier alpha value is -1.25. The quantitative estimate of drug-likeness (QED) is 0.555. The molecule has 0 atom stereocenters. The minimum atomic E-state index is -0.360. The maximum Gasteiger partial charge on any atom is 0.148 e. The Labute approximate surface area is 77.9 Å². The Kier molecular flexibility index (Phi) is 3.55. The van der Waals surface area contributed by atoms with Crippen LogP contribution >= 0.6 is 0 Å². The van der Waals surface area contributed by atoms with Crippen molar-refractivity contribution in [1.82, 2.24) is 0 Å². The van der Waals surface area contributed by atoms with Crippen molar-refractivity contribution in [3.63, 3.8) is 0 Å². The molecule has 0 unspecified atom stereocenters. The molecule has 0 aliphatic carbocycles. The second-order valence-corrected chi connectivity index (χ2v) is 2.98. The smallest absolute Gasteiger partial charge is 0.148 e. The van der Waals surface area contributed by atoms with E-state index in [1.165, 1.54) is 6.07 Å². The van der Waals surface area contributed by atoms with Gasteiger partial charge in [-0.3, -0.25) is 0 Å². The molecular formula is C10H15FN2. The Morgan fingerprint density at radius 3 is 2.92 bits per heavy atom. The van der Waals surface area contributed by atoms with Crippen LogP contribution < -0.4 is 11.1 Å². The van der Waals surface area contributed by atoms with Gasteiger partial charge in [-0.25, -0.2) is 4.39 Å². The average molecular weight is 182 g/mol. The molecule has 0 fully saturated rings. The Bertz CT molecular complexity index is 274. The number of nitrogen functional groups attached to an aromatic ring is 1. The highest BCUT2D eigenvalue weighted by Crippen LogP contribution is 2.20. The van der Waals surface area contributed by atoms with E-state index in [9.17, 15) is 4.39 Å². The highest BCUT2D eigenvalue weighted by Gasteiger charge is 2.02. The van der Waals surface area contributed by atoms with Crippen LogP contribution in [0.15, 0.2) is 18.2 Å². The standard InChI is InChI=1S/C10H15FN2/c1-2-3-7-13-9-6-4-5-8(11)10(9)12/h4-6,13H,2-3,7,12H2,1H3. The van der Waals surface area contributed by atoms with Gasteiger partial charge in [0.1, 0.15) is 5.82 Å². The Morgan fingerprint density at radius 2 is 2.23 bits per heavy atom. The van der Waals surface area contributed by atoms with Gasteiger partial charge in [-0.15, -0.1) is 0 Å². The molecule has 0 heterocycles. The molecule has 2 nitrogen and oxygen atoms in total. The molecular weight excluding hydrogens is 167 g/mol. The molecule has 0 spiro atoms. The van der Waals surface area contributed by atoms with Crippen LogP contribution in [0.3, 0.4) is 0 Å².